The minimum Gasteiger partial charge on any atom is -0.469 e. The largest absolute Gasteiger partial charge is 0.469 e. The van der Waals surface area contributed by atoms with Gasteiger partial charge in [-0.15, -0.1) is 0 Å². The fourth-order valence-electron chi connectivity index (χ4n) is 3.45. The molecule has 2 unspecified atom stereocenters. The summed E-state index contributed by atoms with van der Waals surface area (Å²) in [5.41, 5.74) is 1.36. The van der Waals surface area contributed by atoms with Crippen molar-refractivity contribution < 1.29 is 9.53 Å². The van der Waals surface area contributed by atoms with Crippen LogP contribution in [0.15, 0.2) is 30.3 Å². The fraction of sp³-hybridized carbons (Fsp3) is 0.611. The summed E-state index contributed by atoms with van der Waals surface area (Å²) in [6.45, 7) is 3.16. The summed E-state index contributed by atoms with van der Waals surface area (Å²) in [4.78, 5) is 16.3. The molecule has 4 nitrogen and oxygen atoms in total. The molecule has 1 fully saturated rings. The first-order chi connectivity index (χ1) is 10.6. The third-order valence-electron chi connectivity index (χ3n) is 4.64. The zero-order valence-electron chi connectivity index (χ0n) is 14.0. The van der Waals surface area contributed by atoms with E-state index in [4.69, 9.17) is 4.74 Å². The molecule has 0 aromatic heterocycles. The highest BCUT2D eigenvalue weighted by atomic mass is 16.5. The van der Waals surface area contributed by atoms with Gasteiger partial charge in [-0.25, -0.2) is 0 Å². The second kappa shape index (κ2) is 8.30. The van der Waals surface area contributed by atoms with Gasteiger partial charge in [0.25, 0.3) is 0 Å². The molecule has 4 heteroatoms. The van der Waals surface area contributed by atoms with Gasteiger partial charge >= 0.3 is 5.97 Å². The minimum atomic E-state index is -0.0994. The molecule has 1 aromatic carbocycles. The molecule has 0 bridgehead atoms. The number of likely N-dealkylation sites (tertiary alicyclic amines) is 1. The smallest absolute Gasteiger partial charge is 0.305 e. The summed E-state index contributed by atoms with van der Waals surface area (Å²) in [5.74, 6) is 0.421. The normalized spacial score (nSPS) is 22.7. The zero-order valence-corrected chi connectivity index (χ0v) is 14.0. The van der Waals surface area contributed by atoms with Crippen molar-refractivity contribution in [1.82, 2.24) is 9.80 Å². The Balaban J connectivity index is 1.94. The van der Waals surface area contributed by atoms with Crippen LogP contribution in [0.4, 0.5) is 0 Å². The molecule has 0 saturated carbocycles. The van der Waals surface area contributed by atoms with Crippen molar-refractivity contribution in [3.8, 4) is 0 Å². The lowest BCUT2D eigenvalue weighted by Gasteiger charge is -2.41. The molecular formula is C18H28N2O2. The first-order valence-electron chi connectivity index (χ1n) is 8.09. The molecule has 1 aromatic rings. The Morgan fingerprint density at radius 1 is 1.32 bits per heavy atom. The Kier molecular flexibility index (Phi) is 6.40. The van der Waals surface area contributed by atoms with Crippen LogP contribution in [0.3, 0.4) is 0 Å². The molecule has 0 N–H and O–H groups in total. The van der Waals surface area contributed by atoms with Crippen LogP contribution in [0.2, 0.25) is 0 Å². The van der Waals surface area contributed by atoms with Crippen LogP contribution in [0.5, 0.6) is 0 Å². The fourth-order valence-corrected chi connectivity index (χ4v) is 3.45. The van der Waals surface area contributed by atoms with Crippen LogP contribution in [-0.2, 0) is 16.1 Å². The number of carbonyl (C=O) groups is 1. The lowest BCUT2D eigenvalue weighted by atomic mass is 9.87. The lowest BCUT2D eigenvalue weighted by Crippen LogP contribution is -2.48. The Morgan fingerprint density at radius 3 is 2.68 bits per heavy atom. The van der Waals surface area contributed by atoms with Gasteiger partial charge in [0, 0.05) is 25.6 Å². The Labute approximate surface area is 134 Å². The average molecular weight is 304 g/mol. The second-order valence-electron chi connectivity index (χ2n) is 6.42. The first-order valence-corrected chi connectivity index (χ1v) is 8.09. The standard InChI is InChI=1S/C18H28N2O2/c1-19(2)17-11-12-20(13-15-7-5-4-6-8-15)14-16(17)9-10-18(21)22-3/h4-8,16-17H,9-14H2,1-3H3. The Morgan fingerprint density at radius 2 is 2.05 bits per heavy atom. The molecule has 2 atom stereocenters. The minimum absolute atomic E-state index is 0.0994. The van der Waals surface area contributed by atoms with Crippen LogP contribution < -0.4 is 0 Å². The van der Waals surface area contributed by atoms with E-state index >= 15 is 0 Å². The van der Waals surface area contributed by atoms with Crippen molar-refractivity contribution in [3.63, 3.8) is 0 Å². The molecule has 22 heavy (non-hydrogen) atoms. The maximum atomic E-state index is 11.5. The number of esters is 1. The molecular weight excluding hydrogens is 276 g/mol. The van der Waals surface area contributed by atoms with E-state index in [1.165, 1.54) is 12.7 Å². The quantitative estimate of drug-likeness (QED) is 0.756. The van der Waals surface area contributed by atoms with Crippen molar-refractivity contribution in [2.45, 2.75) is 31.8 Å². The van der Waals surface area contributed by atoms with Gasteiger partial charge in [0.15, 0.2) is 0 Å². The van der Waals surface area contributed by atoms with E-state index in [1.807, 2.05) is 0 Å². The third kappa shape index (κ3) is 4.82. The number of benzene rings is 1. The predicted octanol–water partition coefficient (Wildman–Crippen LogP) is 2.39. The van der Waals surface area contributed by atoms with E-state index in [1.54, 1.807) is 0 Å². The zero-order chi connectivity index (χ0) is 15.9. The van der Waals surface area contributed by atoms with Crippen molar-refractivity contribution in [3.05, 3.63) is 35.9 Å². The van der Waals surface area contributed by atoms with Gasteiger partial charge in [0.1, 0.15) is 0 Å². The van der Waals surface area contributed by atoms with Gasteiger partial charge in [-0.3, -0.25) is 9.69 Å². The van der Waals surface area contributed by atoms with E-state index in [0.29, 0.717) is 18.4 Å². The SMILES string of the molecule is COC(=O)CCC1CN(Cc2ccccc2)CCC1N(C)C. The summed E-state index contributed by atoms with van der Waals surface area (Å²) in [6, 6.07) is 11.2. The van der Waals surface area contributed by atoms with Crippen LogP contribution in [0, 0.1) is 5.92 Å². The van der Waals surface area contributed by atoms with Crippen LogP contribution >= 0.6 is 0 Å². The molecule has 0 amide bonds. The van der Waals surface area contributed by atoms with Crippen molar-refractivity contribution >= 4 is 5.97 Å². The maximum absolute atomic E-state index is 11.5. The van der Waals surface area contributed by atoms with E-state index in [9.17, 15) is 4.79 Å². The molecule has 1 heterocycles. The Bertz CT molecular complexity index is 461. The van der Waals surface area contributed by atoms with Gasteiger partial charge in [-0.1, -0.05) is 30.3 Å². The van der Waals surface area contributed by atoms with Gasteiger partial charge in [0.2, 0.25) is 0 Å². The number of nitrogens with zero attached hydrogens (tertiary/aromatic N) is 2. The number of hydrogen-bond acceptors (Lipinski definition) is 4. The molecule has 1 aliphatic rings. The number of hydrogen-bond donors (Lipinski definition) is 0. The maximum Gasteiger partial charge on any atom is 0.305 e. The highest BCUT2D eigenvalue weighted by Crippen LogP contribution is 2.26. The van der Waals surface area contributed by atoms with E-state index < -0.39 is 0 Å². The van der Waals surface area contributed by atoms with E-state index in [2.05, 4.69) is 54.2 Å². The second-order valence-corrected chi connectivity index (χ2v) is 6.42. The number of methoxy groups -OCH3 is 1. The van der Waals surface area contributed by atoms with Crippen molar-refractivity contribution in [2.75, 3.05) is 34.3 Å². The third-order valence-corrected chi connectivity index (χ3v) is 4.64. The summed E-state index contributed by atoms with van der Waals surface area (Å²) >= 11 is 0. The Hall–Kier alpha value is -1.39. The molecule has 0 radical (unpaired) electrons. The number of ether oxygens (including phenoxy) is 1. The monoisotopic (exact) mass is 304 g/mol. The number of rotatable bonds is 6. The number of carbonyl (C=O) groups excluding carboxylic acids is 1. The van der Waals surface area contributed by atoms with Crippen molar-refractivity contribution in [1.29, 1.82) is 0 Å². The van der Waals surface area contributed by atoms with E-state index in [-0.39, 0.29) is 5.97 Å². The number of piperidine rings is 1. The van der Waals surface area contributed by atoms with Gasteiger partial charge in [-0.2, -0.15) is 0 Å². The summed E-state index contributed by atoms with van der Waals surface area (Å²) in [7, 11) is 5.75. The average Bonchev–Trinajstić information content (AvgIpc) is 2.53. The topological polar surface area (TPSA) is 32.8 Å². The highest BCUT2D eigenvalue weighted by molar-refractivity contribution is 5.69. The van der Waals surface area contributed by atoms with Crippen LogP contribution in [0.1, 0.15) is 24.8 Å². The van der Waals surface area contributed by atoms with Gasteiger partial charge in [-0.05, 0) is 45.0 Å². The molecule has 2 rings (SSSR count). The van der Waals surface area contributed by atoms with Gasteiger partial charge < -0.3 is 9.64 Å². The predicted molar refractivity (Wildman–Crippen MR) is 88.6 cm³/mol. The van der Waals surface area contributed by atoms with Crippen molar-refractivity contribution in [2.24, 2.45) is 5.92 Å². The summed E-state index contributed by atoms with van der Waals surface area (Å²) in [5, 5.41) is 0. The molecule has 0 spiro atoms. The van der Waals surface area contributed by atoms with Crippen LogP contribution in [0.25, 0.3) is 0 Å². The first kappa shape index (κ1) is 17.0. The lowest BCUT2D eigenvalue weighted by molar-refractivity contribution is -0.141. The molecule has 0 aliphatic carbocycles. The van der Waals surface area contributed by atoms with E-state index in [0.717, 1.165) is 32.5 Å². The summed E-state index contributed by atoms with van der Waals surface area (Å²) in [6.07, 6.45) is 2.58. The van der Waals surface area contributed by atoms with Crippen LogP contribution in [-0.4, -0.2) is 56.1 Å². The highest BCUT2D eigenvalue weighted by Gasteiger charge is 2.30. The molecule has 122 valence electrons. The van der Waals surface area contributed by atoms with Gasteiger partial charge in [0.05, 0.1) is 7.11 Å². The molecule has 1 saturated heterocycles. The molecule has 1 aliphatic heterocycles. The summed E-state index contributed by atoms with van der Waals surface area (Å²) < 4.78 is 4.79.